The van der Waals surface area contributed by atoms with E-state index in [1.807, 2.05) is 6.08 Å². The first kappa shape index (κ1) is 13.5. The number of hydrogen-bond acceptors (Lipinski definition) is 4. The molecular weight excluding hydrogens is 242 g/mol. The standard InChI is InChI=1S/C15H19NO3/c1-3-5-10-8-11-9-12(17)6-7-13(11)16-14(10)15(18)19-4-2/h3,6-7,9-10,14,16-17H,1,4-5,8H2,2H3/t10-,14+/m1/s1. The van der Waals surface area contributed by atoms with Crippen LogP contribution in [0.1, 0.15) is 18.9 Å². The summed E-state index contributed by atoms with van der Waals surface area (Å²) in [6.45, 7) is 5.91. The Labute approximate surface area is 113 Å². The lowest BCUT2D eigenvalue weighted by atomic mass is 9.85. The highest BCUT2D eigenvalue weighted by Crippen LogP contribution is 2.33. The number of ether oxygens (including phenoxy) is 1. The summed E-state index contributed by atoms with van der Waals surface area (Å²) >= 11 is 0. The number of carbonyl (C=O) groups is 1. The van der Waals surface area contributed by atoms with Crippen molar-refractivity contribution >= 4 is 11.7 Å². The average molecular weight is 261 g/mol. The van der Waals surface area contributed by atoms with Crippen LogP contribution in [0.15, 0.2) is 30.9 Å². The summed E-state index contributed by atoms with van der Waals surface area (Å²) < 4.78 is 5.11. The van der Waals surface area contributed by atoms with Crippen molar-refractivity contribution in [2.75, 3.05) is 11.9 Å². The van der Waals surface area contributed by atoms with Gasteiger partial charge >= 0.3 is 5.97 Å². The summed E-state index contributed by atoms with van der Waals surface area (Å²) in [7, 11) is 0. The molecule has 2 atom stereocenters. The van der Waals surface area contributed by atoms with Crippen molar-refractivity contribution in [2.45, 2.75) is 25.8 Å². The van der Waals surface area contributed by atoms with E-state index >= 15 is 0 Å². The lowest BCUT2D eigenvalue weighted by molar-refractivity contribution is -0.145. The van der Waals surface area contributed by atoms with Gasteiger partial charge in [0.25, 0.3) is 0 Å². The highest BCUT2D eigenvalue weighted by atomic mass is 16.5. The van der Waals surface area contributed by atoms with Crippen LogP contribution in [-0.2, 0) is 16.0 Å². The summed E-state index contributed by atoms with van der Waals surface area (Å²) in [5.41, 5.74) is 1.91. The fourth-order valence-corrected chi connectivity index (χ4v) is 2.49. The monoisotopic (exact) mass is 261 g/mol. The molecule has 0 radical (unpaired) electrons. The summed E-state index contributed by atoms with van der Waals surface area (Å²) in [6.07, 6.45) is 3.27. The van der Waals surface area contributed by atoms with Crippen molar-refractivity contribution in [3.8, 4) is 5.75 Å². The van der Waals surface area contributed by atoms with Gasteiger partial charge in [0.15, 0.2) is 0 Å². The van der Waals surface area contributed by atoms with Gasteiger partial charge in [-0.15, -0.1) is 6.58 Å². The van der Waals surface area contributed by atoms with Crippen LogP contribution in [0.4, 0.5) is 5.69 Å². The molecule has 4 heteroatoms. The molecule has 1 aliphatic rings. The first-order valence-corrected chi connectivity index (χ1v) is 6.51. The van der Waals surface area contributed by atoms with E-state index in [9.17, 15) is 9.90 Å². The molecule has 1 aromatic carbocycles. The minimum atomic E-state index is -0.352. The van der Waals surface area contributed by atoms with Crippen LogP contribution >= 0.6 is 0 Å². The highest BCUT2D eigenvalue weighted by Gasteiger charge is 2.33. The van der Waals surface area contributed by atoms with Crippen LogP contribution in [0.5, 0.6) is 5.75 Å². The van der Waals surface area contributed by atoms with Crippen LogP contribution in [0, 0.1) is 5.92 Å². The summed E-state index contributed by atoms with van der Waals surface area (Å²) in [6, 6.07) is 4.79. The summed E-state index contributed by atoms with van der Waals surface area (Å²) in [5.74, 6) is 0.117. The molecule has 4 nitrogen and oxygen atoms in total. The van der Waals surface area contributed by atoms with E-state index < -0.39 is 0 Å². The van der Waals surface area contributed by atoms with Gasteiger partial charge < -0.3 is 15.2 Å². The van der Waals surface area contributed by atoms with Crippen LogP contribution < -0.4 is 5.32 Å². The molecule has 0 saturated carbocycles. The molecule has 0 spiro atoms. The second-order valence-electron chi connectivity index (χ2n) is 4.70. The van der Waals surface area contributed by atoms with Crippen molar-refractivity contribution in [3.63, 3.8) is 0 Å². The molecule has 0 saturated heterocycles. The molecule has 1 heterocycles. The van der Waals surface area contributed by atoms with Gasteiger partial charge in [0.2, 0.25) is 0 Å². The van der Waals surface area contributed by atoms with Gasteiger partial charge in [-0.05, 0) is 49.4 Å². The second kappa shape index (κ2) is 5.78. The van der Waals surface area contributed by atoms with E-state index in [1.165, 1.54) is 0 Å². The average Bonchev–Trinajstić information content (AvgIpc) is 2.38. The normalized spacial score (nSPS) is 21.1. The van der Waals surface area contributed by atoms with Gasteiger partial charge in [0.05, 0.1) is 6.61 Å². The van der Waals surface area contributed by atoms with Crippen molar-refractivity contribution in [2.24, 2.45) is 5.92 Å². The maximum absolute atomic E-state index is 12.0. The number of benzene rings is 1. The number of anilines is 1. The predicted molar refractivity (Wildman–Crippen MR) is 74.2 cm³/mol. The molecule has 1 aromatic rings. The first-order chi connectivity index (χ1) is 9.15. The van der Waals surface area contributed by atoms with E-state index in [1.54, 1.807) is 25.1 Å². The Hall–Kier alpha value is -1.97. The molecule has 0 aliphatic carbocycles. The van der Waals surface area contributed by atoms with E-state index in [-0.39, 0.29) is 23.7 Å². The fourth-order valence-electron chi connectivity index (χ4n) is 2.49. The molecule has 102 valence electrons. The Morgan fingerprint density at radius 1 is 1.63 bits per heavy atom. The summed E-state index contributed by atoms with van der Waals surface area (Å²) in [5, 5.41) is 12.7. The number of nitrogens with one attached hydrogen (secondary N) is 1. The van der Waals surface area contributed by atoms with Gasteiger partial charge in [0, 0.05) is 5.69 Å². The Morgan fingerprint density at radius 3 is 3.11 bits per heavy atom. The van der Waals surface area contributed by atoms with Gasteiger partial charge in [-0.3, -0.25) is 0 Å². The predicted octanol–water partition coefficient (Wildman–Crippen LogP) is 2.48. The van der Waals surface area contributed by atoms with Crippen LogP contribution in [0.2, 0.25) is 0 Å². The van der Waals surface area contributed by atoms with E-state index in [2.05, 4.69) is 11.9 Å². The fraction of sp³-hybridized carbons (Fsp3) is 0.400. The largest absolute Gasteiger partial charge is 0.508 e. The Morgan fingerprint density at radius 2 is 2.42 bits per heavy atom. The van der Waals surface area contributed by atoms with Gasteiger partial charge in [-0.2, -0.15) is 0 Å². The van der Waals surface area contributed by atoms with E-state index in [4.69, 9.17) is 4.74 Å². The molecular formula is C15H19NO3. The SMILES string of the molecule is C=CC[C@@H]1Cc2cc(O)ccc2N[C@@H]1C(=O)OCC. The molecule has 0 unspecified atom stereocenters. The Kier molecular flexibility index (Phi) is 4.10. The highest BCUT2D eigenvalue weighted by molar-refractivity contribution is 5.81. The molecule has 2 N–H and O–H groups in total. The lowest BCUT2D eigenvalue weighted by Gasteiger charge is -2.32. The van der Waals surface area contributed by atoms with Crippen molar-refractivity contribution in [1.29, 1.82) is 0 Å². The molecule has 0 aromatic heterocycles. The second-order valence-corrected chi connectivity index (χ2v) is 4.70. The lowest BCUT2D eigenvalue weighted by Crippen LogP contribution is -2.42. The quantitative estimate of drug-likeness (QED) is 0.496. The third-order valence-corrected chi connectivity index (χ3v) is 3.36. The zero-order valence-corrected chi connectivity index (χ0v) is 11.1. The van der Waals surface area contributed by atoms with E-state index in [0.29, 0.717) is 6.61 Å². The third-order valence-electron chi connectivity index (χ3n) is 3.36. The van der Waals surface area contributed by atoms with Gasteiger partial charge in [-0.1, -0.05) is 6.08 Å². The molecule has 0 amide bonds. The van der Waals surface area contributed by atoms with Gasteiger partial charge in [-0.25, -0.2) is 4.79 Å². The minimum absolute atomic E-state index is 0.103. The van der Waals surface area contributed by atoms with E-state index in [0.717, 1.165) is 24.1 Å². The molecule has 1 aliphatic heterocycles. The number of carbonyl (C=O) groups excluding carboxylic acids is 1. The molecule has 0 fully saturated rings. The van der Waals surface area contributed by atoms with Crippen molar-refractivity contribution in [1.82, 2.24) is 0 Å². The maximum Gasteiger partial charge on any atom is 0.328 e. The minimum Gasteiger partial charge on any atom is -0.508 e. The van der Waals surface area contributed by atoms with Gasteiger partial charge in [0.1, 0.15) is 11.8 Å². The van der Waals surface area contributed by atoms with Crippen molar-refractivity contribution < 1.29 is 14.6 Å². The maximum atomic E-state index is 12.0. The topological polar surface area (TPSA) is 58.6 Å². The molecule has 0 bridgehead atoms. The van der Waals surface area contributed by atoms with Crippen LogP contribution in [0.25, 0.3) is 0 Å². The Balaban J connectivity index is 2.26. The summed E-state index contributed by atoms with van der Waals surface area (Å²) in [4.78, 5) is 12.0. The van der Waals surface area contributed by atoms with Crippen LogP contribution in [-0.4, -0.2) is 23.7 Å². The number of phenolic OH excluding ortho intramolecular Hbond substituents is 1. The van der Waals surface area contributed by atoms with Crippen LogP contribution in [0.3, 0.4) is 0 Å². The number of aromatic hydroxyl groups is 1. The molecule has 2 rings (SSSR count). The first-order valence-electron chi connectivity index (χ1n) is 6.51. The smallest absolute Gasteiger partial charge is 0.328 e. The Bertz CT molecular complexity index is 484. The zero-order chi connectivity index (χ0) is 13.8. The number of fused-ring (bicyclic) bond motifs is 1. The number of esters is 1. The number of phenols is 1. The number of hydrogen-bond donors (Lipinski definition) is 2. The number of allylic oxidation sites excluding steroid dienone is 1. The molecule has 19 heavy (non-hydrogen) atoms. The van der Waals surface area contributed by atoms with Crippen molar-refractivity contribution in [3.05, 3.63) is 36.4 Å². The number of rotatable bonds is 4. The third kappa shape index (κ3) is 2.89. The zero-order valence-electron chi connectivity index (χ0n) is 11.1.